The number of carbonyl (C=O) groups excluding carboxylic acids is 1. The van der Waals surface area contributed by atoms with Crippen LogP contribution in [0, 0.1) is 13.8 Å². The van der Waals surface area contributed by atoms with Crippen molar-refractivity contribution in [3.8, 4) is 0 Å². The van der Waals surface area contributed by atoms with Gasteiger partial charge in [0.1, 0.15) is 0 Å². The highest BCUT2D eigenvalue weighted by atomic mass is 16.5. The lowest BCUT2D eigenvalue weighted by Crippen LogP contribution is -2.51. The van der Waals surface area contributed by atoms with Crippen LogP contribution in [0.1, 0.15) is 68.6 Å². The fraction of sp³-hybridized carbons (Fsp3) is 0.708. The summed E-state index contributed by atoms with van der Waals surface area (Å²) >= 11 is 0. The number of benzene rings is 1. The molecule has 156 valence electrons. The van der Waals surface area contributed by atoms with Crippen molar-refractivity contribution in [3.63, 3.8) is 0 Å². The molecule has 0 radical (unpaired) electrons. The Morgan fingerprint density at radius 2 is 1.68 bits per heavy atom. The summed E-state index contributed by atoms with van der Waals surface area (Å²) in [4.78, 5) is 16.1. The maximum atomic E-state index is 13.5. The number of ether oxygens (including phenoxy) is 1. The van der Waals surface area contributed by atoms with Crippen LogP contribution in [-0.4, -0.2) is 49.7 Å². The van der Waals surface area contributed by atoms with Crippen LogP contribution in [0.4, 0.5) is 0 Å². The lowest BCUT2D eigenvalue weighted by atomic mass is 9.72. The number of carbonyl (C=O) groups is 1. The first-order valence-corrected chi connectivity index (χ1v) is 11.2. The Labute approximate surface area is 171 Å². The van der Waals surface area contributed by atoms with E-state index in [1.54, 1.807) is 0 Å². The van der Waals surface area contributed by atoms with Crippen molar-refractivity contribution in [1.82, 2.24) is 10.2 Å². The van der Waals surface area contributed by atoms with E-state index < -0.39 is 5.41 Å². The first kappa shape index (κ1) is 21.3. The molecule has 2 heterocycles. The Hall–Kier alpha value is -1.39. The number of nitrogens with zero attached hydrogens (tertiary/aromatic N) is 1. The summed E-state index contributed by atoms with van der Waals surface area (Å²) in [6, 6.07) is 6.76. The molecule has 28 heavy (non-hydrogen) atoms. The van der Waals surface area contributed by atoms with Crippen LogP contribution in [0.2, 0.25) is 0 Å². The molecule has 4 heteroatoms. The van der Waals surface area contributed by atoms with Gasteiger partial charge in [-0.25, -0.2) is 0 Å². The molecule has 2 fully saturated rings. The van der Waals surface area contributed by atoms with Crippen LogP contribution >= 0.6 is 0 Å². The molecular formula is C24H38N2O2. The van der Waals surface area contributed by atoms with Crippen molar-refractivity contribution < 1.29 is 9.53 Å². The quantitative estimate of drug-likeness (QED) is 0.799. The van der Waals surface area contributed by atoms with Gasteiger partial charge in [-0.15, -0.1) is 0 Å². The van der Waals surface area contributed by atoms with E-state index >= 15 is 0 Å². The standard InChI is InChI=1S/C24H38N2O2/c1-19-16-20(2)18-22(17-19)24(9-14-28-15-10-24)23(27)25-21(3)8-13-26-11-6-4-5-7-12-26/h16-18,21H,4-15H2,1-3H3,(H,25,27)/t21-/m0/s1. The fourth-order valence-corrected chi connectivity index (χ4v) is 4.79. The van der Waals surface area contributed by atoms with Crippen LogP contribution in [0.3, 0.4) is 0 Å². The molecule has 0 unspecified atom stereocenters. The van der Waals surface area contributed by atoms with E-state index in [1.807, 2.05) is 0 Å². The van der Waals surface area contributed by atoms with Crippen molar-refractivity contribution in [2.45, 2.75) is 77.2 Å². The summed E-state index contributed by atoms with van der Waals surface area (Å²) in [6.07, 6.45) is 7.91. The van der Waals surface area contributed by atoms with Gasteiger partial charge in [0.15, 0.2) is 0 Å². The molecular weight excluding hydrogens is 348 g/mol. The Morgan fingerprint density at radius 1 is 1.07 bits per heavy atom. The van der Waals surface area contributed by atoms with Gasteiger partial charge in [0.05, 0.1) is 5.41 Å². The van der Waals surface area contributed by atoms with Gasteiger partial charge in [-0.2, -0.15) is 0 Å². The molecule has 2 aliphatic heterocycles. The summed E-state index contributed by atoms with van der Waals surface area (Å²) in [6.45, 7) is 11.2. The summed E-state index contributed by atoms with van der Waals surface area (Å²) in [5.41, 5.74) is 3.16. The minimum absolute atomic E-state index is 0.184. The lowest BCUT2D eigenvalue weighted by Gasteiger charge is -2.37. The maximum absolute atomic E-state index is 13.5. The fourth-order valence-electron chi connectivity index (χ4n) is 4.79. The highest BCUT2D eigenvalue weighted by Gasteiger charge is 2.42. The summed E-state index contributed by atoms with van der Waals surface area (Å²) in [5.74, 6) is 0.184. The van der Waals surface area contributed by atoms with E-state index in [0.29, 0.717) is 13.2 Å². The second-order valence-corrected chi connectivity index (χ2v) is 8.99. The van der Waals surface area contributed by atoms with Crippen LogP contribution < -0.4 is 5.32 Å². The summed E-state index contributed by atoms with van der Waals surface area (Å²) < 4.78 is 5.61. The van der Waals surface area contributed by atoms with Crippen LogP contribution in [0.25, 0.3) is 0 Å². The zero-order valence-corrected chi connectivity index (χ0v) is 18.1. The highest BCUT2D eigenvalue weighted by Crippen LogP contribution is 2.36. The Morgan fingerprint density at radius 3 is 2.29 bits per heavy atom. The molecule has 0 aliphatic carbocycles. The first-order valence-electron chi connectivity index (χ1n) is 11.2. The zero-order chi connectivity index (χ0) is 20.0. The van der Waals surface area contributed by atoms with Crippen LogP contribution in [-0.2, 0) is 14.9 Å². The molecule has 0 saturated carbocycles. The zero-order valence-electron chi connectivity index (χ0n) is 18.1. The maximum Gasteiger partial charge on any atom is 0.231 e. The molecule has 4 nitrogen and oxygen atoms in total. The average molecular weight is 387 g/mol. The van der Waals surface area contributed by atoms with E-state index in [4.69, 9.17) is 4.74 Å². The van der Waals surface area contributed by atoms with Gasteiger partial charge in [-0.05, 0) is 71.5 Å². The Balaban J connectivity index is 1.66. The van der Waals surface area contributed by atoms with Gasteiger partial charge in [0.25, 0.3) is 0 Å². The molecule has 1 N–H and O–H groups in total. The Bertz CT molecular complexity index is 624. The number of rotatable bonds is 6. The molecule has 0 spiro atoms. The lowest BCUT2D eigenvalue weighted by molar-refractivity contribution is -0.131. The van der Waals surface area contributed by atoms with Crippen LogP contribution in [0.5, 0.6) is 0 Å². The van der Waals surface area contributed by atoms with E-state index in [0.717, 1.165) is 31.4 Å². The van der Waals surface area contributed by atoms with Crippen molar-refractivity contribution in [2.75, 3.05) is 32.8 Å². The third-order valence-electron chi connectivity index (χ3n) is 6.51. The normalized spacial score (nSPS) is 21.7. The summed E-state index contributed by atoms with van der Waals surface area (Å²) in [7, 11) is 0. The van der Waals surface area contributed by atoms with E-state index in [-0.39, 0.29) is 11.9 Å². The second-order valence-electron chi connectivity index (χ2n) is 8.99. The van der Waals surface area contributed by atoms with Crippen LogP contribution in [0.15, 0.2) is 18.2 Å². The van der Waals surface area contributed by atoms with Gasteiger partial charge in [0.2, 0.25) is 5.91 Å². The number of amides is 1. The van der Waals surface area contributed by atoms with Gasteiger partial charge in [-0.1, -0.05) is 42.2 Å². The number of aryl methyl sites for hydroxylation is 2. The molecule has 1 aromatic carbocycles. The van der Waals surface area contributed by atoms with Gasteiger partial charge in [0, 0.05) is 25.8 Å². The Kier molecular flexibility index (Phi) is 7.53. The third kappa shape index (κ3) is 5.36. The molecule has 1 atom stereocenters. The minimum Gasteiger partial charge on any atom is -0.381 e. The number of hydrogen-bond acceptors (Lipinski definition) is 3. The van der Waals surface area contributed by atoms with E-state index in [9.17, 15) is 4.79 Å². The van der Waals surface area contributed by atoms with Gasteiger partial charge >= 0.3 is 0 Å². The van der Waals surface area contributed by atoms with Crippen molar-refractivity contribution >= 4 is 5.91 Å². The monoisotopic (exact) mass is 386 g/mol. The minimum atomic E-state index is -0.452. The van der Waals surface area contributed by atoms with E-state index in [1.165, 1.54) is 49.9 Å². The number of likely N-dealkylation sites (tertiary alicyclic amines) is 1. The molecule has 1 aromatic rings. The topological polar surface area (TPSA) is 41.6 Å². The van der Waals surface area contributed by atoms with E-state index in [2.05, 4.69) is 49.2 Å². The molecule has 2 saturated heterocycles. The summed E-state index contributed by atoms with van der Waals surface area (Å²) in [5, 5.41) is 3.36. The van der Waals surface area contributed by atoms with Gasteiger partial charge in [-0.3, -0.25) is 4.79 Å². The second kappa shape index (κ2) is 9.89. The smallest absolute Gasteiger partial charge is 0.231 e. The molecule has 0 bridgehead atoms. The van der Waals surface area contributed by atoms with Crippen molar-refractivity contribution in [1.29, 1.82) is 0 Å². The first-order chi connectivity index (χ1) is 13.5. The van der Waals surface area contributed by atoms with Crippen molar-refractivity contribution in [3.05, 3.63) is 34.9 Å². The number of hydrogen-bond donors (Lipinski definition) is 1. The van der Waals surface area contributed by atoms with Gasteiger partial charge < -0.3 is 15.0 Å². The SMILES string of the molecule is Cc1cc(C)cc(C2(C(=O)N[C@@H](C)CCN3CCCCCC3)CCOCC2)c1. The molecule has 2 aliphatic rings. The number of nitrogens with one attached hydrogen (secondary N) is 1. The van der Waals surface area contributed by atoms with Crippen molar-refractivity contribution in [2.24, 2.45) is 0 Å². The molecule has 3 rings (SSSR count). The average Bonchev–Trinajstić information content (AvgIpc) is 2.95. The molecule has 1 amide bonds. The predicted molar refractivity (Wildman–Crippen MR) is 115 cm³/mol. The highest BCUT2D eigenvalue weighted by molar-refractivity contribution is 5.88. The molecule has 0 aromatic heterocycles. The third-order valence-corrected chi connectivity index (χ3v) is 6.51. The largest absolute Gasteiger partial charge is 0.381 e. The predicted octanol–water partition coefficient (Wildman–Crippen LogP) is 4.12.